The second kappa shape index (κ2) is 10.6. The van der Waals surface area contributed by atoms with Gasteiger partial charge in [0.2, 0.25) is 11.8 Å². The minimum Gasteiger partial charge on any atom is -0.356 e. The molecule has 0 radical (unpaired) electrons. The molecular weight excluding hydrogens is 264 g/mol. The summed E-state index contributed by atoms with van der Waals surface area (Å²) in [7, 11) is 0. The van der Waals surface area contributed by atoms with Crippen molar-refractivity contribution in [3.63, 3.8) is 0 Å². The molecule has 0 bridgehead atoms. The molecule has 4 nitrogen and oxygen atoms in total. The predicted molar refractivity (Wildman–Crippen MR) is 88.1 cm³/mol. The second-order valence-corrected chi connectivity index (χ2v) is 6.70. The molecule has 0 aliphatic carbocycles. The fourth-order valence-electron chi connectivity index (χ4n) is 1.92. The summed E-state index contributed by atoms with van der Waals surface area (Å²) in [6.45, 7) is 12.3. The van der Waals surface area contributed by atoms with Crippen LogP contribution in [0, 0.1) is 5.41 Å². The highest BCUT2D eigenvalue weighted by Gasteiger charge is 2.20. The smallest absolute Gasteiger partial charge is 0.225 e. The fourth-order valence-corrected chi connectivity index (χ4v) is 1.92. The minimum absolute atomic E-state index is 0.0452. The van der Waals surface area contributed by atoms with Crippen molar-refractivity contribution in [2.24, 2.45) is 5.41 Å². The molecule has 0 aliphatic heterocycles. The van der Waals surface area contributed by atoms with Crippen LogP contribution < -0.4 is 5.32 Å². The number of carbonyl (C=O) groups excluding carboxylic acids is 2. The summed E-state index contributed by atoms with van der Waals surface area (Å²) in [6.07, 6.45) is 5.59. The average molecular weight is 298 g/mol. The Morgan fingerprint density at radius 3 is 1.90 bits per heavy atom. The number of amides is 2. The molecule has 0 atom stereocenters. The van der Waals surface area contributed by atoms with E-state index in [1.165, 1.54) is 0 Å². The maximum atomic E-state index is 12.2. The summed E-state index contributed by atoms with van der Waals surface area (Å²) in [5.74, 6) is 0.269. The normalized spacial score (nSPS) is 11.3. The zero-order valence-electron chi connectivity index (χ0n) is 14.6. The molecule has 0 fully saturated rings. The Morgan fingerprint density at radius 2 is 1.48 bits per heavy atom. The van der Waals surface area contributed by atoms with E-state index in [1.807, 2.05) is 25.7 Å². The SMILES string of the molecule is CCCCN(CCCC)C(=O)CCCNC(=O)C(C)(C)C. The third-order valence-corrected chi connectivity index (χ3v) is 3.45. The third kappa shape index (κ3) is 9.48. The highest BCUT2D eigenvalue weighted by Crippen LogP contribution is 2.12. The Hall–Kier alpha value is -1.06. The number of nitrogens with zero attached hydrogens (tertiary/aromatic N) is 1. The summed E-state index contributed by atoms with van der Waals surface area (Å²) in [5.41, 5.74) is -0.363. The molecule has 124 valence electrons. The van der Waals surface area contributed by atoms with E-state index in [9.17, 15) is 9.59 Å². The quantitative estimate of drug-likeness (QED) is 0.629. The lowest BCUT2D eigenvalue weighted by Gasteiger charge is -2.23. The summed E-state index contributed by atoms with van der Waals surface area (Å²) >= 11 is 0. The van der Waals surface area contributed by atoms with Crippen LogP contribution in [-0.4, -0.2) is 36.3 Å². The molecule has 0 spiro atoms. The van der Waals surface area contributed by atoms with Crippen LogP contribution in [0.15, 0.2) is 0 Å². The lowest BCUT2D eigenvalue weighted by molar-refractivity contribution is -0.132. The van der Waals surface area contributed by atoms with E-state index in [0.29, 0.717) is 13.0 Å². The first kappa shape index (κ1) is 19.9. The van der Waals surface area contributed by atoms with Crippen molar-refractivity contribution in [1.29, 1.82) is 0 Å². The van der Waals surface area contributed by atoms with Crippen molar-refractivity contribution in [2.75, 3.05) is 19.6 Å². The van der Waals surface area contributed by atoms with E-state index in [1.54, 1.807) is 0 Å². The van der Waals surface area contributed by atoms with Crippen molar-refractivity contribution in [3.8, 4) is 0 Å². The van der Waals surface area contributed by atoms with Gasteiger partial charge in [-0.2, -0.15) is 0 Å². The van der Waals surface area contributed by atoms with Gasteiger partial charge in [-0.25, -0.2) is 0 Å². The fraction of sp³-hybridized carbons (Fsp3) is 0.882. The highest BCUT2D eigenvalue weighted by atomic mass is 16.2. The summed E-state index contributed by atoms with van der Waals surface area (Å²) in [6, 6.07) is 0. The summed E-state index contributed by atoms with van der Waals surface area (Å²) < 4.78 is 0. The van der Waals surface area contributed by atoms with Gasteiger partial charge in [-0.15, -0.1) is 0 Å². The van der Waals surface area contributed by atoms with Crippen molar-refractivity contribution in [1.82, 2.24) is 10.2 Å². The van der Waals surface area contributed by atoms with Crippen molar-refractivity contribution in [3.05, 3.63) is 0 Å². The lowest BCUT2D eigenvalue weighted by Crippen LogP contribution is -2.36. The third-order valence-electron chi connectivity index (χ3n) is 3.45. The standard InChI is InChI=1S/C17H34N2O2/c1-6-8-13-19(14-9-7-2)15(20)11-10-12-18-16(21)17(3,4)5/h6-14H2,1-5H3,(H,18,21). The van der Waals surface area contributed by atoms with E-state index in [4.69, 9.17) is 0 Å². The molecule has 2 amide bonds. The van der Waals surface area contributed by atoms with Gasteiger partial charge in [0.25, 0.3) is 0 Å². The van der Waals surface area contributed by atoms with Gasteiger partial charge in [-0.1, -0.05) is 47.5 Å². The van der Waals surface area contributed by atoms with Crippen LogP contribution in [0.2, 0.25) is 0 Å². The Labute approximate surface area is 130 Å². The number of hydrogen-bond acceptors (Lipinski definition) is 2. The van der Waals surface area contributed by atoms with Gasteiger partial charge >= 0.3 is 0 Å². The number of unbranched alkanes of at least 4 members (excludes halogenated alkanes) is 2. The average Bonchev–Trinajstić information content (AvgIpc) is 2.42. The van der Waals surface area contributed by atoms with Gasteiger partial charge in [0, 0.05) is 31.5 Å². The van der Waals surface area contributed by atoms with Crippen LogP contribution in [0.5, 0.6) is 0 Å². The summed E-state index contributed by atoms with van der Waals surface area (Å²) in [5, 5.41) is 2.89. The Bertz CT molecular complexity index is 300. The van der Waals surface area contributed by atoms with Gasteiger partial charge in [-0.3, -0.25) is 9.59 Å². The van der Waals surface area contributed by atoms with Crippen LogP contribution in [0.1, 0.15) is 73.1 Å². The molecule has 0 aromatic rings. The molecule has 0 saturated carbocycles. The van der Waals surface area contributed by atoms with E-state index in [0.717, 1.165) is 45.2 Å². The minimum atomic E-state index is -0.363. The molecule has 1 N–H and O–H groups in total. The van der Waals surface area contributed by atoms with Crippen LogP contribution in [0.3, 0.4) is 0 Å². The molecule has 4 heteroatoms. The monoisotopic (exact) mass is 298 g/mol. The zero-order chi connectivity index (χ0) is 16.3. The molecule has 0 saturated heterocycles. The largest absolute Gasteiger partial charge is 0.356 e. The number of nitrogens with one attached hydrogen (secondary N) is 1. The number of carbonyl (C=O) groups is 2. The van der Waals surface area contributed by atoms with E-state index >= 15 is 0 Å². The van der Waals surface area contributed by atoms with E-state index in [2.05, 4.69) is 19.2 Å². The van der Waals surface area contributed by atoms with Crippen LogP contribution in [0.4, 0.5) is 0 Å². The molecule has 0 rings (SSSR count). The van der Waals surface area contributed by atoms with Gasteiger partial charge < -0.3 is 10.2 Å². The van der Waals surface area contributed by atoms with Gasteiger partial charge in [0.15, 0.2) is 0 Å². The van der Waals surface area contributed by atoms with E-state index < -0.39 is 0 Å². The first-order valence-electron chi connectivity index (χ1n) is 8.39. The number of hydrogen-bond donors (Lipinski definition) is 1. The van der Waals surface area contributed by atoms with Gasteiger partial charge in [-0.05, 0) is 19.3 Å². The first-order chi connectivity index (χ1) is 9.82. The second-order valence-electron chi connectivity index (χ2n) is 6.70. The lowest BCUT2D eigenvalue weighted by atomic mass is 9.96. The maximum absolute atomic E-state index is 12.2. The van der Waals surface area contributed by atoms with Crippen molar-refractivity contribution < 1.29 is 9.59 Å². The molecule has 0 aliphatic rings. The van der Waals surface area contributed by atoms with Crippen molar-refractivity contribution >= 4 is 11.8 Å². The van der Waals surface area contributed by atoms with Crippen LogP contribution >= 0.6 is 0 Å². The molecule has 0 aromatic heterocycles. The predicted octanol–water partition coefficient (Wildman–Crippen LogP) is 3.36. The highest BCUT2D eigenvalue weighted by molar-refractivity contribution is 5.81. The molecule has 0 heterocycles. The zero-order valence-corrected chi connectivity index (χ0v) is 14.6. The van der Waals surface area contributed by atoms with Gasteiger partial charge in [0.05, 0.1) is 0 Å². The molecule has 0 unspecified atom stereocenters. The van der Waals surface area contributed by atoms with Crippen LogP contribution in [-0.2, 0) is 9.59 Å². The first-order valence-corrected chi connectivity index (χ1v) is 8.39. The topological polar surface area (TPSA) is 49.4 Å². The maximum Gasteiger partial charge on any atom is 0.225 e. The van der Waals surface area contributed by atoms with Crippen molar-refractivity contribution in [2.45, 2.75) is 73.1 Å². The molecular formula is C17H34N2O2. The molecule has 21 heavy (non-hydrogen) atoms. The Balaban J connectivity index is 4.04. The summed E-state index contributed by atoms with van der Waals surface area (Å²) in [4.78, 5) is 25.9. The van der Waals surface area contributed by atoms with E-state index in [-0.39, 0.29) is 17.2 Å². The van der Waals surface area contributed by atoms with Gasteiger partial charge in [0.1, 0.15) is 0 Å². The molecule has 0 aromatic carbocycles. The van der Waals surface area contributed by atoms with Crippen LogP contribution in [0.25, 0.3) is 0 Å². The Kier molecular flexibility index (Phi) is 10.1. The Morgan fingerprint density at radius 1 is 0.952 bits per heavy atom. The number of rotatable bonds is 10.